The highest BCUT2D eigenvalue weighted by molar-refractivity contribution is 7.10. The van der Waals surface area contributed by atoms with Gasteiger partial charge in [0.2, 0.25) is 5.91 Å². The van der Waals surface area contributed by atoms with Crippen LogP contribution in [0.25, 0.3) is 17.2 Å². The lowest BCUT2D eigenvalue weighted by molar-refractivity contribution is -0.137. The Kier molecular flexibility index (Phi) is 10.4. The molecule has 0 aliphatic rings. The van der Waals surface area contributed by atoms with Crippen LogP contribution >= 0.6 is 11.3 Å². The lowest BCUT2D eigenvalue weighted by atomic mass is 10.1. The number of nitrogens with zero attached hydrogens (tertiary/aromatic N) is 1. The van der Waals surface area contributed by atoms with Crippen LogP contribution in [-0.4, -0.2) is 30.4 Å². The summed E-state index contributed by atoms with van der Waals surface area (Å²) >= 11 is 1.68. The van der Waals surface area contributed by atoms with Crippen LogP contribution in [0, 0.1) is 0 Å². The normalized spacial score (nSPS) is 11.0. The fraction of sp³-hybridized carbons (Fsp3) is 0.440. The predicted octanol–water partition coefficient (Wildman–Crippen LogP) is 6.31. The number of hydrogen-bond acceptors (Lipinski definition) is 4. The standard InChI is InChI=1S/C25H33NO3S/c1-4-6-7-8-9-10-24(27)26(3)18-23-17-22(19-30-23)21-14-11-20(12-15-21)13-16-25(28)29-5-2/h11-17,19H,4-10,18H2,1-3H3/b16-13+. The van der Waals surface area contributed by atoms with Crippen molar-refractivity contribution in [1.82, 2.24) is 4.90 Å². The van der Waals surface area contributed by atoms with Crippen LogP contribution in [0.3, 0.4) is 0 Å². The van der Waals surface area contributed by atoms with E-state index in [1.54, 1.807) is 24.3 Å². The summed E-state index contributed by atoms with van der Waals surface area (Å²) in [5.41, 5.74) is 3.22. The Hall–Kier alpha value is -2.40. The second kappa shape index (κ2) is 13.0. The molecule has 162 valence electrons. The summed E-state index contributed by atoms with van der Waals surface area (Å²) in [4.78, 5) is 26.8. The molecule has 0 fully saturated rings. The fourth-order valence-electron chi connectivity index (χ4n) is 3.15. The smallest absolute Gasteiger partial charge is 0.330 e. The molecule has 0 N–H and O–H groups in total. The number of carbonyl (C=O) groups excluding carboxylic acids is 2. The van der Waals surface area contributed by atoms with E-state index in [-0.39, 0.29) is 11.9 Å². The minimum Gasteiger partial charge on any atom is -0.463 e. The molecule has 0 atom stereocenters. The summed E-state index contributed by atoms with van der Waals surface area (Å²) < 4.78 is 4.89. The fourth-order valence-corrected chi connectivity index (χ4v) is 4.09. The van der Waals surface area contributed by atoms with E-state index < -0.39 is 0 Å². The molecule has 1 aromatic heterocycles. The first kappa shape index (κ1) is 23.9. The van der Waals surface area contributed by atoms with Crippen LogP contribution in [0.1, 0.15) is 62.8 Å². The molecule has 0 unspecified atom stereocenters. The van der Waals surface area contributed by atoms with Crippen molar-refractivity contribution in [2.45, 2.75) is 58.9 Å². The Morgan fingerprint density at radius 1 is 1.03 bits per heavy atom. The molecule has 4 nitrogen and oxygen atoms in total. The topological polar surface area (TPSA) is 46.6 Å². The van der Waals surface area contributed by atoms with Gasteiger partial charge in [-0.2, -0.15) is 0 Å². The molecule has 1 amide bonds. The highest BCUT2D eigenvalue weighted by Gasteiger charge is 2.11. The van der Waals surface area contributed by atoms with Gasteiger partial charge in [0.05, 0.1) is 13.2 Å². The molecule has 5 heteroatoms. The number of esters is 1. The molecule has 0 aliphatic heterocycles. The third-order valence-corrected chi connectivity index (χ3v) is 5.83. The van der Waals surface area contributed by atoms with Crippen molar-refractivity contribution >= 4 is 29.3 Å². The zero-order valence-electron chi connectivity index (χ0n) is 18.4. The molecule has 0 saturated heterocycles. The van der Waals surface area contributed by atoms with Crippen LogP contribution in [0.5, 0.6) is 0 Å². The molecule has 2 aromatic rings. The highest BCUT2D eigenvalue weighted by Crippen LogP contribution is 2.27. The average molecular weight is 428 g/mol. The van der Waals surface area contributed by atoms with Crippen LogP contribution in [0.15, 0.2) is 41.8 Å². The first-order chi connectivity index (χ1) is 14.5. The van der Waals surface area contributed by atoms with E-state index in [1.807, 2.05) is 36.2 Å². The quantitative estimate of drug-likeness (QED) is 0.226. The molecule has 30 heavy (non-hydrogen) atoms. The van der Waals surface area contributed by atoms with Gasteiger partial charge < -0.3 is 9.64 Å². The van der Waals surface area contributed by atoms with Crippen molar-refractivity contribution in [2.24, 2.45) is 0 Å². The largest absolute Gasteiger partial charge is 0.463 e. The first-order valence-electron chi connectivity index (χ1n) is 10.8. The van der Waals surface area contributed by atoms with Crippen LogP contribution < -0.4 is 0 Å². The van der Waals surface area contributed by atoms with E-state index in [1.165, 1.54) is 30.2 Å². The van der Waals surface area contributed by atoms with Crippen molar-refractivity contribution in [3.8, 4) is 11.1 Å². The van der Waals surface area contributed by atoms with Gasteiger partial charge in [-0.15, -0.1) is 11.3 Å². The molecule has 0 bridgehead atoms. The highest BCUT2D eigenvalue weighted by atomic mass is 32.1. The Balaban J connectivity index is 1.86. The minimum absolute atomic E-state index is 0.221. The molecule has 1 heterocycles. The van der Waals surface area contributed by atoms with Gasteiger partial charge >= 0.3 is 5.97 Å². The van der Waals surface area contributed by atoms with Crippen molar-refractivity contribution in [2.75, 3.05) is 13.7 Å². The zero-order chi connectivity index (χ0) is 21.8. The van der Waals surface area contributed by atoms with Crippen LogP contribution in [-0.2, 0) is 20.9 Å². The van der Waals surface area contributed by atoms with Gasteiger partial charge in [0.1, 0.15) is 0 Å². The number of carbonyl (C=O) groups is 2. The lowest BCUT2D eigenvalue weighted by Gasteiger charge is -2.16. The number of thiophene rings is 1. The van der Waals surface area contributed by atoms with Gasteiger partial charge in [-0.3, -0.25) is 4.79 Å². The van der Waals surface area contributed by atoms with Gasteiger partial charge in [-0.25, -0.2) is 4.79 Å². The van der Waals surface area contributed by atoms with Gasteiger partial charge in [0, 0.05) is 24.4 Å². The van der Waals surface area contributed by atoms with E-state index in [9.17, 15) is 9.59 Å². The lowest BCUT2D eigenvalue weighted by Crippen LogP contribution is -2.25. The molecule has 2 rings (SSSR count). The van der Waals surface area contributed by atoms with Crippen molar-refractivity contribution in [3.05, 3.63) is 52.2 Å². The number of benzene rings is 1. The predicted molar refractivity (Wildman–Crippen MR) is 125 cm³/mol. The average Bonchev–Trinajstić information content (AvgIpc) is 3.21. The summed E-state index contributed by atoms with van der Waals surface area (Å²) in [5, 5.41) is 2.13. The van der Waals surface area contributed by atoms with E-state index >= 15 is 0 Å². The number of rotatable bonds is 12. The van der Waals surface area contributed by atoms with Gasteiger partial charge in [0.25, 0.3) is 0 Å². The van der Waals surface area contributed by atoms with Crippen molar-refractivity contribution in [1.29, 1.82) is 0 Å². The molecular formula is C25H33NO3S. The summed E-state index contributed by atoms with van der Waals surface area (Å²) in [7, 11) is 1.89. The molecule has 1 aromatic carbocycles. The molecule has 0 radical (unpaired) electrons. The number of hydrogen-bond donors (Lipinski definition) is 0. The Labute approximate surface area is 184 Å². The molecular weight excluding hydrogens is 394 g/mol. The number of ether oxygens (including phenoxy) is 1. The van der Waals surface area contributed by atoms with Crippen LogP contribution in [0.2, 0.25) is 0 Å². The molecule has 0 saturated carbocycles. The van der Waals surface area contributed by atoms with Gasteiger partial charge in [0.15, 0.2) is 0 Å². The second-order valence-electron chi connectivity index (χ2n) is 7.42. The third-order valence-electron chi connectivity index (χ3n) is 4.91. The minimum atomic E-state index is -0.330. The maximum absolute atomic E-state index is 12.3. The van der Waals surface area contributed by atoms with Crippen LogP contribution in [0.4, 0.5) is 0 Å². The Morgan fingerprint density at radius 2 is 1.77 bits per heavy atom. The molecule has 0 spiro atoms. The van der Waals surface area contributed by atoms with Gasteiger partial charge in [-0.1, -0.05) is 56.9 Å². The zero-order valence-corrected chi connectivity index (χ0v) is 19.2. The first-order valence-corrected chi connectivity index (χ1v) is 11.7. The second-order valence-corrected chi connectivity index (χ2v) is 8.42. The maximum Gasteiger partial charge on any atom is 0.330 e. The van der Waals surface area contributed by atoms with E-state index in [4.69, 9.17) is 4.74 Å². The summed E-state index contributed by atoms with van der Waals surface area (Å²) in [6, 6.07) is 10.2. The Bertz CT molecular complexity index is 823. The SMILES string of the molecule is CCCCCCCC(=O)N(C)Cc1cc(-c2ccc(/C=C/C(=O)OCC)cc2)cs1. The van der Waals surface area contributed by atoms with Crippen molar-refractivity contribution in [3.63, 3.8) is 0 Å². The maximum atomic E-state index is 12.3. The number of unbranched alkanes of at least 4 members (excludes halogenated alkanes) is 4. The number of amides is 1. The van der Waals surface area contributed by atoms with Crippen molar-refractivity contribution < 1.29 is 14.3 Å². The van der Waals surface area contributed by atoms with Gasteiger partial charge in [-0.05, 0) is 47.6 Å². The molecule has 0 aliphatic carbocycles. The summed E-state index contributed by atoms with van der Waals surface area (Å²) in [5.74, 6) is -0.108. The monoisotopic (exact) mass is 427 g/mol. The Morgan fingerprint density at radius 3 is 2.47 bits per heavy atom. The summed E-state index contributed by atoms with van der Waals surface area (Å²) in [6.45, 7) is 5.02. The summed E-state index contributed by atoms with van der Waals surface area (Å²) in [6.07, 6.45) is 9.66. The third kappa shape index (κ3) is 8.15. The van der Waals surface area contributed by atoms with E-state index in [0.29, 0.717) is 19.6 Å². The van der Waals surface area contributed by atoms with E-state index in [0.717, 1.165) is 29.5 Å². The van der Waals surface area contributed by atoms with E-state index in [2.05, 4.69) is 18.4 Å².